The largest absolute Gasteiger partial charge is 0.481 e. The molecule has 2 aromatic rings. The first-order valence-electron chi connectivity index (χ1n) is 7.19. The van der Waals surface area contributed by atoms with Crippen LogP contribution in [0.1, 0.15) is 24.9 Å². The van der Waals surface area contributed by atoms with Gasteiger partial charge in [-0.25, -0.2) is 4.68 Å². The molecule has 1 aromatic heterocycles. The van der Waals surface area contributed by atoms with E-state index in [1.165, 1.54) is 0 Å². The molecule has 0 bridgehead atoms. The van der Waals surface area contributed by atoms with Gasteiger partial charge in [-0.1, -0.05) is 12.1 Å². The van der Waals surface area contributed by atoms with Crippen molar-refractivity contribution in [2.75, 3.05) is 0 Å². The first-order valence-corrected chi connectivity index (χ1v) is 7.19. The second-order valence-electron chi connectivity index (χ2n) is 5.56. The monoisotopic (exact) mass is 299 g/mol. The highest BCUT2D eigenvalue weighted by Gasteiger charge is 2.48. The molecular weight excluding hydrogens is 282 g/mol. The Bertz CT molecular complexity index is 696. The lowest BCUT2D eigenvalue weighted by molar-refractivity contribution is -0.140. The molecule has 0 unspecified atom stereocenters. The van der Waals surface area contributed by atoms with Gasteiger partial charge in [0, 0.05) is 12.4 Å². The third-order valence-electron chi connectivity index (χ3n) is 3.94. The van der Waals surface area contributed by atoms with Crippen molar-refractivity contribution in [3.63, 3.8) is 0 Å². The van der Waals surface area contributed by atoms with Crippen LogP contribution >= 0.6 is 0 Å². The second-order valence-corrected chi connectivity index (χ2v) is 5.56. The van der Waals surface area contributed by atoms with Crippen molar-refractivity contribution in [2.24, 2.45) is 11.8 Å². The molecule has 1 saturated carbocycles. The molecule has 0 radical (unpaired) electrons. The Hall–Kier alpha value is -2.63. The van der Waals surface area contributed by atoms with E-state index in [4.69, 9.17) is 5.11 Å². The van der Waals surface area contributed by atoms with E-state index in [1.54, 1.807) is 10.9 Å². The SMILES string of the molecule is C[C@H](NC(=O)[C@H]1C[C@H]1C(=O)O)c1cccc(-n2cccn2)c1. The Morgan fingerprint density at radius 3 is 2.82 bits per heavy atom. The van der Waals surface area contributed by atoms with Crippen molar-refractivity contribution in [3.05, 3.63) is 48.3 Å². The molecule has 22 heavy (non-hydrogen) atoms. The predicted octanol–water partition coefficient (Wildman–Crippen LogP) is 1.77. The van der Waals surface area contributed by atoms with E-state index in [-0.39, 0.29) is 11.9 Å². The van der Waals surface area contributed by atoms with Crippen molar-refractivity contribution >= 4 is 11.9 Å². The number of carboxylic acid groups (broad SMARTS) is 1. The average Bonchev–Trinajstić information content (AvgIpc) is 3.14. The van der Waals surface area contributed by atoms with Crippen LogP contribution in [0.15, 0.2) is 42.7 Å². The van der Waals surface area contributed by atoms with Crippen LogP contribution in [-0.4, -0.2) is 26.8 Å². The lowest BCUT2D eigenvalue weighted by Crippen LogP contribution is -2.29. The van der Waals surface area contributed by atoms with Gasteiger partial charge in [-0.15, -0.1) is 0 Å². The summed E-state index contributed by atoms with van der Waals surface area (Å²) in [5, 5.41) is 15.9. The molecule has 0 spiro atoms. The minimum Gasteiger partial charge on any atom is -0.481 e. The molecule has 1 amide bonds. The van der Waals surface area contributed by atoms with Crippen LogP contribution in [0.5, 0.6) is 0 Å². The van der Waals surface area contributed by atoms with E-state index in [1.807, 2.05) is 43.5 Å². The number of amides is 1. The molecule has 1 aromatic carbocycles. The normalized spacial score (nSPS) is 21.1. The molecule has 6 nitrogen and oxygen atoms in total. The minimum atomic E-state index is -0.895. The van der Waals surface area contributed by atoms with Crippen molar-refractivity contribution in [2.45, 2.75) is 19.4 Å². The van der Waals surface area contributed by atoms with Crippen LogP contribution in [-0.2, 0) is 9.59 Å². The molecule has 0 aliphatic heterocycles. The van der Waals surface area contributed by atoms with Gasteiger partial charge in [0.15, 0.2) is 0 Å². The number of hydrogen-bond donors (Lipinski definition) is 2. The Morgan fingerprint density at radius 1 is 1.36 bits per heavy atom. The fraction of sp³-hybridized carbons (Fsp3) is 0.312. The smallest absolute Gasteiger partial charge is 0.307 e. The third-order valence-corrected chi connectivity index (χ3v) is 3.94. The second kappa shape index (κ2) is 5.63. The van der Waals surface area contributed by atoms with Gasteiger partial charge < -0.3 is 10.4 Å². The van der Waals surface area contributed by atoms with E-state index in [2.05, 4.69) is 10.4 Å². The summed E-state index contributed by atoms with van der Waals surface area (Å²) < 4.78 is 1.75. The number of carbonyl (C=O) groups is 2. The van der Waals surface area contributed by atoms with Crippen LogP contribution < -0.4 is 5.32 Å². The number of nitrogens with zero attached hydrogens (tertiary/aromatic N) is 2. The Balaban J connectivity index is 1.68. The standard InChI is InChI=1S/C16H17N3O3/c1-10(18-15(20)13-9-14(13)16(21)22)11-4-2-5-12(8-11)19-7-3-6-17-19/h2-8,10,13-14H,9H2,1H3,(H,18,20)(H,21,22)/t10-,13-,14+/m0/s1. The van der Waals surface area contributed by atoms with Crippen LogP contribution in [0.2, 0.25) is 0 Å². The van der Waals surface area contributed by atoms with Crippen LogP contribution in [0, 0.1) is 11.8 Å². The summed E-state index contributed by atoms with van der Waals surface area (Å²) >= 11 is 0. The van der Waals surface area contributed by atoms with Gasteiger partial charge in [0.05, 0.1) is 23.6 Å². The fourth-order valence-electron chi connectivity index (χ4n) is 2.52. The van der Waals surface area contributed by atoms with Gasteiger partial charge in [0.1, 0.15) is 0 Å². The summed E-state index contributed by atoms with van der Waals surface area (Å²) in [6.45, 7) is 1.89. The molecule has 1 aliphatic rings. The molecule has 2 N–H and O–H groups in total. The van der Waals surface area contributed by atoms with Gasteiger partial charge in [0.2, 0.25) is 5.91 Å². The Kier molecular flexibility index (Phi) is 3.66. The van der Waals surface area contributed by atoms with Crippen molar-refractivity contribution in [1.82, 2.24) is 15.1 Å². The molecule has 114 valence electrons. The average molecular weight is 299 g/mol. The summed E-state index contributed by atoms with van der Waals surface area (Å²) in [4.78, 5) is 22.8. The number of rotatable bonds is 5. The number of nitrogens with one attached hydrogen (secondary N) is 1. The van der Waals surface area contributed by atoms with Crippen molar-refractivity contribution in [3.8, 4) is 5.69 Å². The molecular formula is C16H17N3O3. The fourth-order valence-corrected chi connectivity index (χ4v) is 2.52. The first-order chi connectivity index (χ1) is 10.6. The molecule has 3 rings (SSSR count). The molecule has 1 aliphatic carbocycles. The Labute approximate surface area is 127 Å². The number of carboxylic acids is 1. The van der Waals surface area contributed by atoms with E-state index in [0.29, 0.717) is 6.42 Å². The lowest BCUT2D eigenvalue weighted by Gasteiger charge is -2.15. The minimum absolute atomic E-state index is 0.182. The van der Waals surface area contributed by atoms with Gasteiger partial charge >= 0.3 is 5.97 Å². The molecule has 1 fully saturated rings. The van der Waals surface area contributed by atoms with E-state index in [0.717, 1.165) is 11.3 Å². The highest BCUT2D eigenvalue weighted by molar-refractivity contribution is 5.89. The number of aliphatic carboxylic acids is 1. The molecule has 3 atom stereocenters. The highest BCUT2D eigenvalue weighted by Crippen LogP contribution is 2.39. The number of benzene rings is 1. The van der Waals surface area contributed by atoms with E-state index < -0.39 is 17.8 Å². The molecule has 1 heterocycles. The Morgan fingerprint density at radius 2 is 2.18 bits per heavy atom. The zero-order valence-corrected chi connectivity index (χ0v) is 12.1. The van der Waals surface area contributed by atoms with Gasteiger partial charge in [-0.05, 0) is 37.1 Å². The number of hydrogen-bond acceptors (Lipinski definition) is 3. The van der Waals surface area contributed by atoms with Gasteiger partial charge in [-0.3, -0.25) is 9.59 Å². The van der Waals surface area contributed by atoms with Crippen molar-refractivity contribution < 1.29 is 14.7 Å². The highest BCUT2D eigenvalue weighted by atomic mass is 16.4. The number of carbonyl (C=O) groups excluding carboxylic acids is 1. The zero-order chi connectivity index (χ0) is 15.7. The lowest BCUT2D eigenvalue weighted by atomic mass is 10.1. The maximum Gasteiger partial charge on any atom is 0.307 e. The summed E-state index contributed by atoms with van der Waals surface area (Å²) in [6.07, 6.45) is 3.99. The van der Waals surface area contributed by atoms with Crippen LogP contribution in [0.25, 0.3) is 5.69 Å². The third kappa shape index (κ3) is 2.86. The van der Waals surface area contributed by atoms with Crippen LogP contribution in [0.4, 0.5) is 0 Å². The first kappa shape index (κ1) is 14.3. The van der Waals surface area contributed by atoms with E-state index >= 15 is 0 Å². The summed E-state index contributed by atoms with van der Waals surface area (Å²) in [5.74, 6) is -2.00. The quantitative estimate of drug-likeness (QED) is 0.881. The predicted molar refractivity (Wildman–Crippen MR) is 79.4 cm³/mol. The maximum absolute atomic E-state index is 12.0. The topological polar surface area (TPSA) is 84.2 Å². The summed E-state index contributed by atoms with van der Waals surface area (Å²) in [6, 6.07) is 9.40. The molecule has 6 heteroatoms. The van der Waals surface area contributed by atoms with Crippen molar-refractivity contribution in [1.29, 1.82) is 0 Å². The summed E-state index contributed by atoms with van der Waals surface area (Å²) in [7, 11) is 0. The molecule has 0 saturated heterocycles. The zero-order valence-electron chi connectivity index (χ0n) is 12.1. The maximum atomic E-state index is 12.0. The van der Waals surface area contributed by atoms with E-state index in [9.17, 15) is 9.59 Å². The number of aromatic nitrogens is 2. The summed E-state index contributed by atoms with van der Waals surface area (Å²) in [5.41, 5.74) is 1.87. The van der Waals surface area contributed by atoms with Gasteiger partial charge in [-0.2, -0.15) is 5.10 Å². The van der Waals surface area contributed by atoms with Gasteiger partial charge in [0.25, 0.3) is 0 Å². The van der Waals surface area contributed by atoms with Crippen LogP contribution in [0.3, 0.4) is 0 Å².